The van der Waals surface area contributed by atoms with Crippen LogP contribution in [-0.2, 0) is 4.74 Å². The quantitative estimate of drug-likeness (QED) is 0.812. The molecule has 3 heterocycles. The predicted molar refractivity (Wildman–Crippen MR) is 92.9 cm³/mol. The number of urea groups is 1. The van der Waals surface area contributed by atoms with Gasteiger partial charge in [-0.3, -0.25) is 4.90 Å². The van der Waals surface area contributed by atoms with E-state index in [0.717, 1.165) is 71.6 Å². The van der Waals surface area contributed by atoms with E-state index < -0.39 is 0 Å². The Balaban J connectivity index is 1.34. The third kappa shape index (κ3) is 4.68. The number of carbonyl (C=O) groups is 1. The molecule has 0 radical (unpaired) electrons. The van der Waals surface area contributed by atoms with E-state index in [4.69, 9.17) is 4.74 Å². The lowest BCUT2D eigenvalue weighted by atomic mass is 10.2. The monoisotopic (exact) mass is 337 g/mol. The number of carbonyl (C=O) groups excluding carboxylic acids is 1. The Bertz CT molecular complexity index is 474. The molecule has 2 aliphatic heterocycles. The number of rotatable bonds is 6. The van der Waals surface area contributed by atoms with Crippen molar-refractivity contribution < 1.29 is 9.53 Å². The average molecular weight is 337 g/mol. The minimum absolute atomic E-state index is 0.104. The Morgan fingerprint density at radius 2 is 2.17 bits per heavy atom. The van der Waals surface area contributed by atoms with Crippen molar-refractivity contribution in [3.8, 4) is 0 Å². The van der Waals surface area contributed by atoms with Crippen molar-refractivity contribution in [3.05, 3.63) is 22.4 Å². The van der Waals surface area contributed by atoms with Gasteiger partial charge in [-0.25, -0.2) is 4.79 Å². The first kappa shape index (κ1) is 16.7. The van der Waals surface area contributed by atoms with Crippen LogP contribution in [0.4, 0.5) is 4.79 Å². The molecule has 2 aliphatic rings. The Morgan fingerprint density at radius 3 is 2.96 bits per heavy atom. The topological polar surface area (TPSA) is 44.8 Å². The minimum Gasteiger partial charge on any atom is -0.379 e. The van der Waals surface area contributed by atoms with Crippen LogP contribution in [0.2, 0.25) is 0 Å². The Kier molecular flexibility index (Phi) is 6.30. The fourth-order valence-corrected chi connectivity index (χ4v) is 4.24. The lowest BCUT2D eigenvalue weighted by Crippen LogP contribution is -2.40. The van der Waals surface area contributed by atoms with Gasteiger partial charge >= 0.3 is 6.03 Å². The number of unbranched alkanes of at least 4 members (excludes halogenated alkanes) is 1. The van der Waals surface area contributed by atoms with Gasteiger partial charge in [-0.05, 0) is 43.7 Å². The van der Waals surface area contributed by atoms with Gasteiger partial charge in [0.25, 0.3) is 0 Å². The fraction of sp³-hybridized carbons (Fsp3) is 0.706. The summed E-state index contributed by atoms with van der Waals surface area (Å²) in [6, 6.07) is 4.60. The summed E-state index contributed by atoms with van der Waals surface area (Å²) in [6.07, 6.45) is 4.37. The third-order valence-electron chi connectivity index (χ3n) is 4.67. The molecule has 23 heavy (non-hydrogen) atoms. The summed E-state index contributed by atoms with van der Waals surface area (Å²) in [5.74, 6) is 0. The number of nitrogens with one attached hydrogen (secondary N) is 1. The number of nitrogens with zero attached hydrogens (tertiary/aromatic N) is 2. The van der Waals surface area contributed by atoms with Crippen molar-refractivity contribution in [1.82, 2.24) is 15.1 Å². The van der Waals surface area contributed by atoms with Crippen molar-refractivity contribution in [1.29, 1.82) is 0 Å². The van der Waals surface area contributed by atoms with E-state index in [9.17, 15) is 4.79 Å². The van der Waals surface area contributed by atoms with Gasteiger partial charge in [-0.15, -0.1) is 11.3 Å². The van der Waals surface area contributed by atoms with Crippen molar-refractivity contribution in [2.75, 3.05) is 45.9 Å². The zero-order valence-electron chi connectivity index (χ0n) is 13.7. The van der Waals surface area contributed by atoms with Crippen LogP contribution in [0.1, 0.15) is 36.6 Å². The highest BCUT2D eigenvalue weighted by molar-refractivity contribution is 7.10. The minimum atomic E-state index is 0.104. The maximum atomic E-state index is 12.4. The van der Waals surface area contributed by atoms with Gasteiger partial charge < -0.3 is 15.0 Å². The summed E-state index contributed by atoms with van der Waals surface area (Å²) in [4.78, 5) is 18.2. The maximum Gasteiger partial charge on any atom is 0.317 e. The van der Waals surface area contributed by atoms with Gasteiger partial charge in [0.2, 0.25) is 0 Å². The summed E-state index contributed by atoms with van der Waals surface area (Å²) in [6.45, 7) is 6.57. The van der Waals surface area contributed by atoms with Crippen molar-refractivity contribution in [2.45, 2.75) is 31.7 Å². The number of ether oxygens (including phenoxy) is 1. The smallest absolute Gasteiger partial charge is 0.317 e. The van der Waals surface area contributed by atoms with E-state index in [2.05, 4.69) is 27.7 Å². The van der Waals surface area contributed by atoms with E-state index in [-0.39, 0.29) is 12.1 Å². The molecule has 0 spiro atoms. The number of morpholine rings is 1. The second-order valence-corrected chi connectivity index (χ2v) is 7.24. The number of hydrogen-bond donors (Lipinski definition) is 1. The number of thiophene rings is 1. The standard InChI is InChI=1S/C17H27N3O2S/c21-17(18-7-1-2-8-19-10-12-22-13-11-19)20-9-3-5-15(20)16-6-4-14-23-16/h4,6,14-15H,1-3,5,7-13H2,(H,18,21). The molecule has 3 rings (SSSR count). The highest BCUT2D eigenvalue weighted by Crippen LogP contribution is 2.34. The second kappa shape index (κ2) is 8.66. The molecule has 0 aromatic carbocycles. The summed E-state index contributed by atoms with van der Waals surface area (Å²) in [7, 11) is 0. The van der Waals surface area contributed by atoms with E-state index >= 15 is 0 Å². The van der Waals surface area contributed by atoms with E-state index in [0.29, 0.717) is 0 Å². The van der Waals surface area contributed by atoms with Crippen molar-refractivity contribution in [3.63, 3.8) is 0 Å². The van der Waals surface area contributed by atoms with Gasteiger partial charge in [0.05, 0.1) is 19.3 Å². The molecule has 1 N–H and O–H groups in total. The largest absolute Gasteiger partial charge is 0.379 e. The Labute approximate surface area is 142 Å². The van der Waals surface area contributed by atoms with Crippen LogP contribution in [0.25, 0.3) is 0 Å². The Morgan fingerprint density at radius 1 is 1.30 bits per heavy atom. The van der Waals surface area contributed by atoms with Crippen LogP contribution in [-0.4, -0.2) is 61.8 Å². The highest BCUT2D eigenvalue weighted by Gasteiger charge is 2.30. The molecule has 2 amide bonds. The molecule has 5 nitrogen and oxygen atoms in total. The maximum absolute atomic E-state index is 12.4. The number of amides is 2. The zero-order valence-corrected chi connectivity index (χ0v) is 14.5. The van der Waals surface area contributed by atoms with Gasteiger partial charge in [0.1, 0.15) is 0 Å². The van der Waals surface area contributed by atoms with Crippen LogP contribution in [0, 0.1) is 0 Å². The van der Waals surface area contributed by atoms with Crippen LogP contribution in [0.3, 0.4) is 0 Å². The van der Waals surface area contributed by atoms with Gasteiger partial charge in [-0.2, -0.15) is 0 Å². The molecule has 6 heteroatoms. The average Bonchev–Trinajstić information content (AvgIpc) is 3.26. The molecular weight excluding hydrogens is 310 g/mol. The molecule has 128 valence electrons. The van der Waals surface area contributed by atoms with Gasteiger partial charge in [-0.1, -0.05) is 6.07 Å². The normalized spacial score (nSPS) is 22.4. The highest BCUT2D eigenvalue weighted by atomic mass is 32.1. The SMILES string of the molecule is O=C(NCCCCN1CCOCC1)N1CCCC1c1cccs1. The molecular formula is C17H27N3O2S. The molecule has 1 atom stereocenters. The fourth-order valence-electron chi connectivity index (χ4n) is 3.37. The lowest BCUT2D eigenvalue weighted by molar-refractivity contribution is 0.0372. The van der Waals surface area contributed by atoms with E-state index in [1.54, 1.807) is 11.3 Å². The molecule has 0 aliphatic carbocycles. The van der Waals surface area contributed by atoms with E-state index in [1.807, 2.05) is 4.90 Å². The lowest BCUT2D eigenvalue weighted by Gasteiger charge is -2.26. The summed E-state index contributed by atoms with van der Waals surface area (Å²) >= 11 is 1.75. The predicted octanol–water partition coefficient (Wildman–Crippen LogP) is 2.71. The van der Waals surface area contributed by atoms with Crippen molar-refractivity contribution in [2.24, 2.45) is 0 Å². The molecule has 2 saturated heterocycles. The third-order valence-corrected chi connectivity index (χ3v) is 5.64. The zero-order chi connectivity index (χ0) is 15.9. The first-order valence-corrected chi connectivity index (χ1v) is 9.60. The Hall–Kier alpha value is -1.11. The summed E-state index contributed by atoms with van der Waals surface area (Å²) in [5.41, 5.74) is 0. The first-order chi connectivity index (χ1) is 11.3. The first-order valence-electron chi connectivity index (χ1n) is 8.72. The van der Waals surface area contributed by atoms with Gasteiger partial charge in [0.15, 0.2) is 0 Å². The van der Waals surface area contributed by atoms with Crippen LogP contribution < -0.4 is 5.32 Å². The molecule has 1 aromatic rings. The summed E-state index contributed by atoms with van der Waals surface area (Å²) < 4.78 is 5.35. The van der Waals surface area contributed by atoms with Crippen LogP contribution in [0.5, 0.6) is 0 Å². The van der Waals surface area contributed by atoms with Crippen LogP contribution >= 0.6 is 11.3 Å². The molecule has 2 fully saturated rings. The van der Waals surface area contributed by atoms with Gasteiger partial charge in [0, 0.05) is 31.1 Å². The van der Waals surface area contributed by atoms with Crippen LogP contribution in [0.15, 0.2) is 17.5 Å². The molecule has 0 saturated carbocycles. The molecule has 0 bridgehead atoms. The number of likely N-dealkylation sites (tertiary alicyclic amines) is 1. The summed E-state index contributed by atoms with van der Waals surface area (Å²) in [5, 5.41) is 5.20. The molecule has 1 aromatic heterocycles. The molecule has 1 unspecified atom stereocenters. The van der Waals surface area contributed by atoms with Crippen molar-refractivity contribution >= 4 is 17.4 Å². The number of hydrogen-bond acceptors (Lipinski definition) is 4. The second-order valence-electron chi connectivity index (χ2n) is 6.26. The van der Waals surface area contributed by atoms with E-state index in [1.165, 1.54) is 4.88 Å².